The van der Waals surface area contributed by atoms with E-state index in [1.807, 2.05) is 19.1 Å². The van der Waals surface area contributed by atoms with Crippen molar-refractivity contribution in [3.63, 3.8) is 0 Å². The monoisotopic (exact) mass is 147 g/mol. The molecule has 2 N–H and O–H groups in total. The molecule has 1 heterocycles. The van der Waals surface area contributed by atoms with Gasteiger partial charge in [-0.05, 0) is 12.5 Å². The van der Waals surface area contributed by atoms with Crippen LogP contribution in [0.3, 0.4) is 0 Å². The number of benzene rings is 1. The van der Waals surface area contributed by atoms with Crippen LogP contribution in [0.5, 0.6) is 0 Å². The fourth-order valence-electron chi connectivity index (χ4n) is 1.18. The first kappa shape index (κ1) is 6.34. The van der Waals surface area contributed by atoms with Crippen LogP contribution in [-0.2, 0) is 6.54 Å². The predicted octanol–water partition coefficient (Wildman–Crippen LogP) is 2.17. The summed E-state index contributed by atoms with van der Waals surface area (Å²) in [5.41, 5.74) is 9.62. The summed E-state index contributed by atoms with van der Waals surface area (Å²) in [6.45, 7) is 2.66. The Morgan fingerprint density at radius 3 is 3.09 bits per heavy atom. The Bertz CT molecular complexity index is 328. The Morgan fingerprint density at radius 2 is 2.27 bits per heavy atom. The number of azo groups is 1. The maximum absolute atomic E-state index is 5.78. The Kier molecular flexibility index (Phi) is 1.18. The van der Waals surface area contributed by atoms with Crippen LogP contribution in [0.4, 0.5) is 11.4 Å². The van der Waals surface area contributed by atoms with Gasteiger partial charge in [0.25, 0.3) is 0 Å². The Balaban J connectivity index is 2.70. The lowest BCUT2D eigenvalue weighted by molar-refractivity contribution is 1.04. The number of nitrogens with two attached hydrogens (primary N) is 1. The van der Waals surface area contributed by atoms with Crippen LogP contribution in [0.1, 0.15) is 11.1 Å². The topological polar surface area (TPSA) is 50.7 Å². The van der Waals surface area contributed by atoms with E-state index in [1.54, 1.807) is 0 Å². The largest absolute Gasteiger partial charge is 0.397 e. The van der Waals surface area contributed by atoms with E-state index in [0.717, 1.165) is 22.5 Å². The smallest absolute Gasteiger partial charge is 0.114 e. The SMILES string of the molecule is Cc1ccc2c(c1N)N=NC2. The van der Waals surface area contributed by atoms with Crippen LogP contribution in [0.2, 0.25) is 0 Å². The maximum Gasteiger partial charge on any atom is 0.114 e. The fourth-order valence-corrected chi connectivity index (χ4v) is 1.18. The van der Waals surface area contributed by atoms with Gasteiger partial charge in [0, 0.05) is 5.56 Å². The van der Waals surface area contributed by atoms with Crippen molar-refractivity contribution in [1.82, 2.24) is 0 Å². The summed E-state index contributed by atoms with van der Waals surface area (Å²) in [7, 11) is 0. The second kappa shape index (κ2) is 2.05. The van der Waals surface area contributed by atoms with Crippen molar-refractivity contribution in [3.8, 4) is 0 Å². The first-order chi connectivity index (χ1) is 5.29. The number of nitrogens with zero attached hydrogens (tertiary/aromatic N) is 2. The lowest BCUT2D eigenvalue weighted by atomic mass is 10.1. The highest BCUT2D eigenvalue weighted by Gasteiger charge is 2.11. The molecule has 0 saturated heterocycles. The molecule has 1 aliphatic rings. The summed E-state index contributed by atoms with van der Waals surface area (Å²) < 4.78 is 0. The number of nitrogen functional groups attached to an aromatic ring is 1. The molecule has 0 radical (unpaired) electrons. The van der Waals surface area contributed by atoms with E-state index in [4.69, 9.17) is 5.73 Å². The minimum Gasteiger partial charge on any atom is -0.397 e. The van der Waals surface area contributed by atoms with E-state index >= 15 is 0 Å². The molecule has 0 fully saturated rings. The van der Waals surface area contributed by atoms with Gasteiger partial charge < -0.3 is 5.73 Å². The van der Waals surface area contributed by atoms with Crippen molar-refractivity contribution < 1.29 is 0 Å². The van der Waals surface area contributed by atoms with Crippen LogP contribution < -0.4 is 5.73 Å². The molecule has 0 bridgehead atoms. The zero-order valence-corrected chi connectivity index (χ0v) is 6.33. The lowest BCUT2D eigenvalue weighted by Crippen LogP contribution is -1.90. The van der Waals surface area contributed by atoms with Crippen molar-refractivity contribution in [3.05, 3.63) is 23.3 Å². The average molecular weight is 147 g/mol. The fraction of sp³-hybridized carbons (Fsp3) is 0.250. The van der Waals surface area contributed by atoms with Crippen LogP contribution in [0.25, 0.3) is 0 Å². The van der Waals surface area contributed by atoms with Gasteiger partial charge >= 0.3 is 0 Å². The molecule has 56 valence electrons. The second-order valence-corrected chi connectivity index (χ2v) is 2.70. The molecule has 3 heteroatoms. The Morgan fingerprint density at radius 1 is 1.45 bits per heavy atom. The zero-order valence-electron chi connectivity index (χ0n) is 6.33. The molecule has 1 aromatic rings. The molecular formula is C8H9N3. The molecule has 0 aromatic heterocycles. The number of anilines is 1. The predicted molar refractivity (Wildman–Crippen MR) is 43.8 cm³/mol. The number of rotatable bonds is 0. The molecule has 3 nitrogen and oxygen atoms in total. The Hall–Kier alpha value is -1.38. The Labute approximate surface area is 64.9 Å². The van der Waals surface area contributed by atoms with Crippen molar-refractivity contribution in [1.29, 1.82) is 0 Å². The zero-order chi connectivity index (χ0) is 7.84. The highest BCUT2D eigenvalue weighted by Crippen LogP contribution is 2.34. The van der Waals surface area contributed by atoms with Crippen LogP contribution >= 0.6 is 0 Å². The normalized spacial score (nSPS) is 13.5. The highest BCUT2D eigenvalue weighted by molar-refractivity contribution is 5.70. The number of fused-ring (bicyclic) bond motifs is 1. The van der Waals surface area contributed by atoms with Crippen molar-refractivity contribution in [2.45, 2.75) is 13.5 Å². The summed E-state index contributed by atoms with van der Waals surface area (Å²) in [4.78, 5) is 0. The van der Waals surface area contributed by atoms with Crippen molar-refractivity contribution in [2.75, 3.05) is 5.73 Å². The van der Waals surface area contributed by atoms with Crippen molar-refractivity contribution in [2.24, 2.45) is 10.2 Å². The van der Waals surface area contributed by atoms with Gasteiger partial charge in [-0.15, -0.1) is 0 Å². The standard InChI is InChI=1S/C8H9N3/c1-5-2-3-6-4-10-11-8(6)7(5)9/h2-3H,4,9H2,1H3. The van der Waals surface area contributed by atoms with Gasteiger partial charge in [-0.2, -0.15) is 10.2 Å². The first-order valence-corrected chi connectivity index (χ1v) is 3.54. The molecular weight excluding hydrogens is 138 g/mol. The molecule has 1 aromatic carbocycles. The summed E-state index contributed by atoms with van der Waals surface area (Å²) in [6, 6.07) is 4.03. The van der Waals surface area contributed by atoms with E-state index in [9.17, 15) is 0 Å². The lowest BCUT2D eigenvalue weighted by Gasteiger charge is -2.02. The minimum absolute atomic E-state index is 0.680. The van der Waals surface area contributed by atoms with E-state index < -0.39 is 0 Å². The second-order valence-electron chi connectivity index (χ2n) is 2.70. The first-order valence-electron chi connectivity index (χ1n) is 3.54. The summed E-state index contributed by atoms with van der Waals surface area (Å²) in [5, 5.41) is 7.86. The van der Waals surface area contributed by atoms with Gasteiger partial charge in [0.2, 0.25) is 0 Å². The molecule has 11 heavy (non-hydrogen) atoms. The van der Waals surface area contributed by atoms with Crippen molar-refractivity contribution >= 4 is 11.4 Å². The van der Waals surface area contributed by atoms with Crippen LogP contribution in [-0.4, -0.2) is 0 Å². The molecule has 0 unspecified atom stereocenters. The van der Waals surface area contributed by atoms with Gasteiger partial charge in [0.15, 0.2) is 0 Å². The average Bonchev–Trinajstić information content (AvgIpc) is 2.45. The van der Waals surface area contributed by atoms with Crippen LogP contribution in [0.15, 0.2) is 22.4 Å². The third-order valence-corrected chi connectivity index (χ3v) is 1.93. The molecule has 0 atom stereocenters. The molecule has 0 aliphatic carbocycles. The van der Waals surface area contributed by atoms with Gasteiger partial charge in [0.1, 0.15) is 5.69 Å². The highest BCUT2D eigenvalue weighted by atomic mass is 15.1. The van der Waals surface area contributed by atoms with E-state index in [-0.39, 0.29) is 0 Å². The molecule has 0 saturated carbocycles. The number of aryl methyl sites for hydroxylation is 1. The quantitative estimate of drug-likeness (QED) is 0.562. The third kappa shape index (κ3) is 0.808. The van der Waals surface area contributed by atoms with E-state index in [1.165, 1.54) is 0 Å². The summed E-state index contributed by atoms with van der Waals surface area (Å²) >= 11 is 0. The minimum atomic E-state index is 0.680. The van der Waals surface area contributed by atoms with Gasteiger partial charge in [0.05, 0.1) is 12.2 Å². The molecule has 0 amide bonds. The molecule has 1 aliphatic heterocycles. The van der Waals surface area contributed by atoms with E-state index in [0.29, 0.717) is 6.54 Å². The number of hydrogen-bond donors (Lipinski definition) is 1. The summed E-state index contributed by atoms with van der Waals surface area (Å²) in [5.74, 6) is 0. The summed E-state index contributed by atoms with van der Waals surface area (Å²) in [6.07, 6.45) is 0. The maximum atomic E-state index is 5.78. The van der Waals surface area contributed by atoms with Gasteiger partial charge in [-0.25, -0.2) is 0 Å². The third-order valence-electron chi connectivity index (χ3n) is 1.93. The van der Waals surface area contributed by atoms with Gasteiger partial charge in [-0.1, -0.05) is 12.1 Å². The van der Waals surface area contributed by atoms with Gasteiger partial charge in [-0.3, -0.25) is 0 Å². The molecule has 2 rings (SSSR count). The van der Waals surface area contributed by atoms with E-state index in [2.05, 4.69) is 10.2 Å². The van der Waals surface area contributed by atoms with Crippen LogP contribution in [0, 0.1) is 6.92 Å². The molecule has 0 spiro atoms. The number of hydrogen-bond acceptors (Lipinski definition) is 3.